The van der Waals surface area contributed by atoms with Crippen LogP contribution in [0.4, 0.5) is 19.0 Å². The molecule has 3 saturated heterocycles. The van der Waals surface area contributed by atoms with E-state index in [1.807, 2.05) is 13.1 Å². The number of hydrogen-bond donors (Lipinski definition) is 1. The molecule has 2 bridgehead atoms. The van der Waals surface area contributed by atoms with Crippen LogP contribution < -0.4 is 10.2 Å². The largest absolute Gasteiger partial charge is 0.413 e. The molecule has 208 valence electrons. The van der Waals surface area contributed by atoms with Gasteiger partial charge in [-0.3, -0.25) is 4.18 Å². The number of ether oxygens (including phenoxy) is 1. The van der Waals surface area contributed by atoms with E-state index >= 15 is 0 Å². The summed E-state index contributed by atoms with van der Waals surface area (Å²) in [5, 5.41) is 9.20. The van der Waals surface area contributed by atoms with Gasteiger partial charge in [-0.15, -0.1) is 0 Å². The zero-order valence-electron chi connectivity index (χ0n) is 19.7. The van der Waals surface area contributed by atoms with Crippen molar-refractivity contribution < 1.29 is 30.5 Å². The average Bonchev–Trinajstić information content (AvgIpc) is 3.39. The zero-order chi connectivity index (χ0) is 27.0. The van der Waals surface area contributed by atoms with Crippen molar-refractivity contribution in [1.29, 1.82) is 0 Å². The van der Waals surface area contributed by atoms with Crippen LogP contribution in [-0.4, -0.2) is 82.5 Å². The summed E-state index contributed by atoms with van der Waals surface area (Å²) in [6.07, 6.45) is 2.42. The van der Waals surface area contributed by atoms with Crippen LogP contribution in [0.15, 0.2) is 6.20 Å². The van der Waals surface area contributed by atoms with Crippen LogP contribution in [0, 0.1) is 6.92 Å². The molecule has 3 fully saturated rings. The fourth-order valence-corrected chi connectivity index (χ4v) is 5.40. The molecule has 0 aliphatic carbocycles. The van der Waals surface area contributed by atoms with E-state index in [1.54, 1.807) is 0 Å². The monoisotopic (exact) mass is 608 g/mol. The first-order chi connectivity index (χ1) is 17.2. The lowest BCUT2D eigenvalue weighted by atomic mass is 10.1. The van der Waals surface area contributed by atoms with Gasteiger partial charge in [-0.25, -0.2) is 14.6 Å². The molecular formula is C20H26Cl3F3N6O4S. The second-order valence-corrected chi connectivity index (χ2v) is 13.8. The van der Waals surface area contributed by atoms with Gasteiger partial charge in [-0.1, -0.05) is 34.8 Å². The molecule has 2 aromatic heterocycles. The first-order valence-electron chi connectivity index (χ1n) is 11.6. The van der Waals surface area contributed by atoms with E-state index in [0.717, 1.165) is 61.7 Å². The molecule has 3 aliphatic rings. The minimum absolute atomic E-state index is 0.355. The standard InChI is InChI=1S/C17H24N6O.C3H2Cl3F3O3S/c1-11-20-16(22-9-13-2-3-14(10-22)24-13)15-8-19-23(17(15)21-11)12-4-6-18-7-5-12;4-3(5,6)13(10,11)12-1-2(7,8)9/h8,12-14,18H,2-7,9-10H2,1H3;1H2. The number of piperidine rings is 1. The lowest BCUT2D eigenvalue weighted by Gasteiger charge is -2.33. The van der Waals surface area contributed by atoms with Crippen LogP contribution >= 0.6 is 34.8 Å². The van der Waals surface area contributed by atoms with Crippen LogP contribution in [0.25, 0.3) is 11.0 Å². The van der Waals surface area contributed by atoms with Crippen LogP contribution in [-0.2, 0) is 19.0 Å². The number of nitrogens with one attached hydrogen (secondary N) is 1. The van der Waals surface area contributed by atoms with E-state index in [0.29, 0.717) is 18.2 Å². The molecule has 5 rings (SSSR count). The summed E-state index contributed by atoms with van der Waals surface area (Å²) in [5.74, 6) is 1.87. The van der Waals surface area contributed by atoms with Crippen molar-refractivity contribution >= 4 is 61.8 Å². The van der Waals surface area contributed by atoms with E-state index in [2.05, 4.69) is 19.1 Å². The molecule has 2 aromatic rings. The molecule has 10 nitrogen and oxygen atoms in total. The Morgan fingerprint density at radius 2 is 1.73 bits per heavy atom. The van der Waals surface area contributed by atoms with Crippen molar-refractivity contribution in [3.05, 3.63) is 12.0 Å². The Kier molecular flexibility index (Phi) is 8.68. The van der Waals surface area contributed by atoms with Gasteiger partial charge in [0.15, 0.2) is 12.3 Å². The Balaban J connectivity index is 0.000000212. The fraction of sp³-hybridized carbons (Fsp3) is 0.750. The van der Waals surface area contributed by atoms with Gasteiger partial charge in [0.2, 0.25) is 0 Å². The molecule has 0 saturated carbocycles. The third-order valence-corrected chi connectivity index (χ3v) is 8.90. The van der Waals surface area contributed by atoms with Crippen molar-refractivity contribution in [3.63, 3.8) is 0 Å². The van der Waals surface area contributed by atoms with E-state index in [9.17, 15) is 21.6 Å². The van der Waals surface area contributed by atoms with Crippen molar-refractivity contribution in [2.24, 2.45) is 0 Å². The molecule has 1 N–H and O–H groups in total. The lowest BCUT2D eigenvalue weighted by Crippen LogP contribution is -2.43. The molecule has 17 heteroatoms. The molecular weight excluding hydrogens is 584 g/mol. The summed E-state index contributed by atoms with van der Waals surface area (Å²) in [5.41, 5.74) is 0.989. The molecule has 0 aromatic carbocycles. The maximum absolute atomic E-state index is 11.5. The third kappa shape index (κ3) is 7.08. The zero-order valence-corrected chi connectivity index (χ0v) is 22.8. The third-order valence-electron chi connectivity index (χ3n) is 6.20. The van der Waals surface area contributed by atoms with E-state index in [1.165, 1.54) is 12.8 Å². The number of nitrogens with zero attached hydrogens (tertiary/aromatic N) is 5. The molecule has 3 aliphatic heterocycles. The highest BCUT2D eigenvalue weighted by molar-refractivity contribution is 7.92. The highest BCUT2D eigenvalue weighted by atomic mass is 35.6. The Labute approximate surface area is 226 Å². The van der Waals surface area contributed by atoms with Crippen molar-refractivity contribution in [3.8, 4) is 0 Å². The first-order valence-corrected chi connectivity index (χ1v) is 14.1. The quantitative estimate of drug-likeness (QED) is 0.410. The SMILES string of the molecule is Cc1nc(N2CC3CCC(C2)O3)c2cnn(C3CCNCC3)c2n1.O=S(=O)(OCC(F)(F)F)C(Cl)(Cl)Cl. The Bertz CT molecular complexity index is 1190. The van der Waals surface area contributed by atoms with Crippen LogP contribution in [0.1, 0.15) is 37.5 Å². The van der Waals surface area contributed by atoms with Gasteiger partial charge in [-0.05, 0) is 45.7 Å². The summed E-state index contributed by atoms with van der Waals surface area (Å²) < 4.78 is 64.1. The van der Waals surface area contributed by atoms with E-state index in [-0.39, 0.29) is 0 Å². The predicted molar refractivity (Wildman–Crippen MR) is 133 cm³/mol. The number of halogens is 6. The number of aryl methyl sites for hydroxylation is 1. The molecule has 5 heterocycles. The van der Waals surface area contributed by atoms with Crippen molar-refractivity contribution in [2.45, 2.75) is 60.2 Å². The van der Waals surface area contributed by atoms with E-state index in [4.69, 9.17) is 54.6 Å². The Morgan fingerprint density at radius 3 is 2.30 bits per heavy atom. The molecule has 0 spiro atoms. The number of hydrogen-bond acceptors (Lipinski definition) is 9. The summed E-state index contributed by atoms with van der Waals surface area (Å²) in [4.78, 5) is 11.9. The van der Waals surface area contributed by atoms with Gasteiger partial charge in [0.1, 0.15) is 11.6 Å². The van der Waals surface area contributed by atoms with Gasteiger partial charge in [0, 0.05) is 13.1 Å². The number of alkyl halides is 6. The van der Waals surface area contributed by atoms with Gasteiger partial charge in [-0.2, -0.15) is 26.7 Å². The number of morpholine rings is 1. The van der Waals surface area contributed by atoms with Crippen LogP contribution in [0.3, 0.4) is 0 Å². The first kappa shape index (κ1) is 28.8. The lowest BCUT2D eigenvalue weighted by molar-refractivity contribution is -0.152. The summed E-state index contributed by atoms with van der Waals surface area (Å²) in [7, 11) is -4.85. The normalized spacial score (nSPS) is 23.3. The number of fused-ring (bicyclic) bond motifs is 3. The summed E-state index contributed by atoms with van der Waals surface area (Å²) in [6.45, 7) is 3.92. The summed E-state index contributed by atoms with van der Waals surface area (Å²) in [6, 6.07) is 0.437. The molecule has 0 amide bonds. The number of anilines is 1. The fourth-order valence-electron chi connectivity index (χ4n) is 4.58. The summed E-state index contributed by atoms with van der Waals surface area (Å²) >= 11 is 14.4. The minimum Gasteiger partial charge on any atom is -0.371 e. The van der Waals surface area contributed by atoms with Gasteiger partial charge in [0.25, 0.3) is 0 Å². The van der Waals surface area contributed by atoms with Crippen molar-refractivity contribution in [1.82, 2.24) is 25.1 Å². The van der Waals surface area contributed by atoms with Crippen LogP contribution in [0.2, 0.25) is 0 Å². The highest BCUT2D eigenvalue weighted by Gasteiger charge is 2.42. The molecule has 0 radical (unpaired) electrons. The van der Waals surface area contributed by atoms with Gasteiger partial charge >= 0.3 is 19.4 Å². The number of aromatic nitrogens is 4. The second kappa shape index (κ2) is 11.1. The van der Waals surface area contributed by atoms with Gasteiger partial charge in [0.05, 0.1) is 29.8 Å². The van der Waals surface area contributed by atoms with E-state index < -0.39 is 26.0 Å². The Morgan fingerprint density at radius 1 is 1.11 bits per heavy atom. The molecule has 2 unspecified atom stereocenters. The average molecular weight is 610 g/mol. The van der Waals surface area contributed by atoms with Crippen molar-refractivity contribution in [2.75, 3.05) is 37.7 Å². The Hall–Kier alpha value is -1.16. The molecule has 2 atom stereocenters. The predicted octanol–water partition coefficient (Wildman–Crippen LogP) is 3.65. The second-order valence-electron chi connectivity index (χ2n) is 9.04. The maximum atomic E-state index is 11.5. The molecule has 37 heavy (non-hydrogen) atoms. The van der Waals surface area contributed by atoms with Crippen LogP contribution in [0.5, 0.6) is 0 Å². The highest BCUT2D eigenvalue weighted by Crippen LogP contribution is 2.35. The smallest absolute Gasteiger partial charge is 0.371 e. The van der Waals surface area contributed by atoms with Gasteiger partial charge < -0.3 is 15.0 Å². The number of rotatable bonds is 4. The topological polar surface area (TPSA) is 111 Å². The minimum atomic E-state index is -4.85. The maximum Gasteiger partial charge on any atom is 0.413 e.